The Morgan fingerprint density at radius 2 is 1.36 bits per heavy atom. The molecule has 6 aromatic rings. The van der Waals surface area contributed by atoms with Crippen LogP contribution in [0.5, 0.6) is 23.0 Å². The average molecular weight is 1210 g/mol. The predicted molar refractivity (Wildman–Crippen MR) is 252 cm³/mol. The summed E-state index contributed by atoms with van der Waals surface area (Å²) < 4.78 is 178. The summed E-state index contributed by atoms with van der Waals surface area (Å²) in [6, 6.07) is 9.74. The molecule has 0 aliphatic carbocycles. The van der Waals surface area contributed by atoms with Gasteiger partial charge in [0.05, 0.1) is 60.9 Å². The van der Waals surface area contributed by atoms with Crippen LogP contribution in [0.3, 0.4) is 0 Å². The average Bonchev–Trinajstić information content (AvgIpc) is 3.30. The zero-order valence-corrected chi connectivity index (χ0v) is 43.4. The van der Waals surface area contributed by atoms with Crippen molar-refractivity contribution >= 4 is 108 Å². The summed E-state index contributed by atoms with van der Waals surface area (Å²) in [5, 5.41) is 48.2. The third kappa shape index (κ3) is 15.0. The summed E-state index contributed by atoms with van der Waals surface area (Å²) in [4.78, 5) is 22.5. The standard InChI is InChI=1S/C38H36N10O21S5.Cu.FH/c1-47(11-13-70(53,54)14-12-69-74(64,65)66)37-40-36(41-38(42-37)48-10-4-5-20(19-48)35(51)52)39-24-8-7-22-23(34(24)73(61,62)63)16-31(72(58,59)60)32(33(22)50)46-44-26-18-30(68-3)29(67-2)17-25(26)43-45-27-15-21(71(55,56)57)6-9-28(27)49;;/h4-10,15-19H,11-14H2,1-3H3,(H7-,39,40,41,42,43,44,45,46,49,50,51,52,55,56,57,58,59,60,61,62,63,64,65,66);;1H. The summed E-state index contributed by atoms with van der Waals surface area (Å²) in [5.74, 6) is -6.07. The first-order valence-electron chi connectivity index (χ1n) is 19.9. The molecule has 0 spiro atoms. The second kappa shape index (κ2) is 23.8. The fraction of sp³-hybridized carbons (Fsp3) is 0.184. The van der Waals surface area contributed by atoms with E-state index in [4.69, 9.17) is 14.0 Å². The normalized spacial score (nSPS) is 12.3. The number of carboxylic acid groups (broad SMARTS) is 1. The van der Waals surface area contributed by atoms with Crippen LogP contribution in [0.1, 0.15) is 10.4 Å². The van der Waals surface area contributed by atoms with Gasteiger partial charge in [-0.3, -0.25) is 18.2 Å². The van der Waals surface area contributed by atoms with E-state index in [2.05, 4.69) is 44.9 Å². The molecule has 0 saturated heterocycles. The number of aromatic carboxylic acids is 1. The molecule has 0 fully saturated rings. The number of anilines is 3. The number of hydrogen-bond acceptors (Lipinski definition) is 25. The van der Waals surface area contributed by atoms with Crippen LogP contribution in [0.4, 0.5) is 40.3 Å². The minimum atomic E-state index is -5.54. The molecule has 0 bridgehead atoms. The molecule has 0 unspecified atom stereocenters. The van der Waals surface area contributed by atoms with Gasteiger partial charge < -0.3 is 39.7 Å². The molecule has 6 rings (SSSR count). The maximum atomic E-state index is 13.2. The Hall–Kier alpha value is -7.23. The van der Waals surface area contributed by atoms with E-state index in [1.165, 1.54) is 39.6 Å². The number of aromatic hydroxyl groups is 2. The molecule has 31 nitrogen and oxygen atoms in total. The predicted octanol–water partition coefficient (Wildman–Crippen LogP) is 0.415. The van der Waals surface area contributed by atoms with Crippen LogP contribution in [0, 0.1) is 0 Å². The molecule has 413 valence electrons. The number of sulfone groups is 1. The van der Waals surface area contributed by atoms with Crippen molar-refractivity contribution in [1.82, 2.24) is 15.0 Å². The first-order valence-corrected chi connectivity index (χ1v) is 27.4. The van der Waals surface area contributed by atoms with E-state index >= 15 is 0 Å². The number of phenolic OH excluding ortho intramolecular Hbond substituents is 2. The molecule has 4 aromatic carbocycles. The van der Waals surface area contributed by atoms with Gasteiger partial charge in [-0.25, -0.2) is 22.0 Å². The Labute approximate surface area is 439 Å². The van der Waals surface area contributed by atoms with Crippen LogP contribution in [0.15, 0.2) is 108 Å². The van der Waals surface area contributed by atoms with E-state index in [0.29, 0.717) is 6.07 Å². The minimum absolute atomic E-state index is 0. The molecule has 8 N–H and O–H groups in total. The number of fused-ring (bicyclic) bond motifs is 1. The second-order valence-corrected chi connectivity index (χ2v) is 22.4. The second-order valence-electron chi connectivity index (χ2n) is 14.8. The molecule has 2 aromatic heterocycles. The Morgan fingerprint density at radius 3 is 1.92 bits per heavy atom. The van der Waals surface area contributed by atoms with E-state index < -0.39 is 141 Å². The molecule has 0 aliphatic rings. The van der Waals surface area contributed by atoms with Gasteiger partial charge in [0.15, 0.2) is 27.1 Å². The van der Waals surface area contributed by atoms with Crippen molar-refractivity contribution in [2.45, 2.75) is 14.7 Å². The van der Waals surface area contributed by atoms with Crippen molar-refractivity contribution in [3.05, 3.63) is 78.6 Å². The molecular formula is C38H37CuFN10O21S5. The smallest absolute Gasteiger partial charge is 0.444 e. The summed E-state index contributed by atoms with van der Waals surface area (Å²) in [7, 11) is -21.2. The number of azo groups is 2. The van der Waals surface area contributed by atoms with Crippen LogP contribution >= 0.6 is 0 Å². The van der Waals surface area contributed by atoms with Gasteiger partial charge in [-0.1, -0.05) is 0 Å². The van der Waals surface area contributed by atoms with Gasteiger partial charge in [-0.05, 0) is 58.5 Å². The number of aromatic nitrogens is 4. The number of phenols is 2. The molecule has 76 heavy (non-hydrogen) atoms. The molecule has 0 atom stereocenters. The van der Waals surface area contributed by atoms with Crippen molar-refractivity contribution in [2.75, 3.05) is 56.1 Å². The first kappa shape index (κ1) is 61.3. The Kier molecular flexibility index (Phi) is 19.2. The largest absolute Gasteiger partial charge is 1.00 e. The fourth-order valence-corrected chi connectivity index (χ4v) is 9.81. The Balaban J connectivity index is 0.00000624. The number of carboxylic acids is 1. The number of hydrogen-bond donors (Lipinski definition) is 8. The number of nitrogens with zero attached hydrogens (tertiary/aromatic N) is 9. The van der Waals surface area contributed by atoms with Crippen LogP contribution in [-0.4, -0.2) is 142 Å². The van der Waals surface area contributed by atoms with E-state index in [9.17, 15) is 75.9 Å². The van der Waals surface area contributed by atoms with Gasteiger partial charge >= 0.3 is 34.2 Å². The van der Waals surface area contributed by atoms with Crippen LogP contribution in [-0.2, 0) is 71.8 Å². The van der Waals surface area contributed by atoms with Crippen molar-refractivity contribution < 1.29 is 120 Å². The molecule has 2 heterocycles. The van der Waals surface area contributed by atoms with E-state index in [1.54, 1.807) is 0 Å². The van der Waals surface area contributed by atoms with Gasteiger partial charge in [0, 0.05) is 53.6 Å². The summed E-state index contributed by atoms with van der Waals surface area (Å²) in [6.45, 7) is -1.34. The quantitative estimate of drug-likeness (QED) is 0.0209. The molecule has 0 aliphatic heterocycles. The molecule has 1 radical (unpaired) electrons. The molecular weight excluding hydrogens is 1180 g/mol. The van der Waals surface area contributed by atoms with Gasteiger partial charge in [0.1, 0.15) is 38.3 Å². The first-order chi connectivity index (χ1) is 34.4. The third-order valence-electron chi connectivity index (χ3n) is 9.81. The maximum Gasteiger partial charge on any atom is 0.444 e. The van der Waals surface area contributed by atoms with Crippen molar-refractivity contribution in [2.24, 2.45) is 20.5 Å². The summed E-state index contributed by atoms with van der Waals surface area (Å²) in [5.41, 5.74) is -3.09. The van der Waals surface area contributed by atoms with Crippen LogP contribution in [0.25, 0.3) is 16.7 Å². The van der Waals surface area contributed by atoms with Crippen molar-refractivity contribution in [1.29, 1.82) is 0 Å². The SMILES string of the molecule is COc1cc(N=Nc2cc(S(=O)(=O)O)ccc2O)c(N=Nc2c(S(=O)(=O)O)cc3c(S(=O)(=O)O)c(Nc4nc(N(C)CCS(=O)(=O)CCOS(=O)(=O)O)nc(-[n+]5cccc(C(=O)O)c5)n4)ccc3c2O)cc1OC.[Cu].[F-]. The van der Waals surface area contributed by atoms with E-state index in [-0.39, 0.29) is 62.1 Å². The number of methoxy groups -OCH3 is 2. The monoisotopic (exact) mass is 1210 g/mol. The van der Waals surface area contributed by atoms with E-state index in [1.807, 2.05) is 0 Å². The third-order valence-corrected chi connectivity index (χ3v) is 14.5. The van der Waals surface area contributed by atoms with Crippen molar-refractivity contribution in [3.8, 4) is 28.9 Å². The zero-order valence-electron chi connectivity index (χ0n) is 38.3. The maximum absolute atomic E-state index is 13.2. The summed E-state index contributed by atoms with van der Waals surface area (Å²) >= 11 is 0. The number of carbonyl (C=O) groups is 1. The van der Waals surface area contributed by atoms with Gasteiger partial charge in [0.25, 0.3) is 30.4 Å². The number of nitrogens with one attached hydrogen (secondary N) is 1. The number of halogens is 1. The molecule has 0 amide bonds. The molecule has 38 heteroatoms. The van der Waals surface area contributed by atoms with Gasteiger partial charge in [-0.15, -0.1) is 25.4 Å². The van der Waals surface area contributed by atoms with E-state index in [0.717, 1.165) is 58.1 Å². The number of pyridine rings is 1. The number of ether oxygens (including phenoxy) is 2. The fourth-order valence-electron chi connectivity index (χ4n) is 6.32. The summed E-state index contributed by atoms with van der Waals surface area (Å²) in [6.07, 6.45) is 2.36. The topological polar surface area (TPSA) is 464 Å². The van der Waals surface area contributed by atoms with Crippen LogP contribution < -0.4 is 29.0 Å². The number of benzene rings is 4. The Morgan fingerprint density at radius 1 is 0.737 bits per heavy atom. The van der Waals surface area contributed by atoms with Crippen LogP contribution in [0.2, 0.25) is 0 Å². The molecule has 0 saturated carbocycles. The van der Waals surface area contributed by atoms with Gasteiger partial charge in [0.2, 0.25) is 0 Å². The number of rotatable bonds is 21. The Bertz CT molecular complexity index is 3900. The minimum Gasteiger partial charge on any atom is -1.00 e. The van der Waals surface area contributed by atoms with Crippen molar-refractivity contribution in [3.63, 3.8) is 0 Å². The van der Waals surface area contributed by atoms with Gasteiger partial charge in [-0.2, -0.15) is 33.7 Å². The zero-order chi connectivity index (χ0) is 54.7.